The average Bonchev–Trinajstić information content (AvgIpc) is 3.26. The number of halogens is 1. The maximum Gasteiger partial charge on any atom is 0.245 e. The van der Waals surface area contributed by atoms with Gasteiger partial charge in [-0.1, -0.05) is 12.1 Å². The van der Waals surface area contributed by atoms with Crippen molar-refractivity contribution in [3.05, 3.63) is 24.3 Å². The number of methoxy groups -OCH3 is 1. The number of rotatable bonds is 7. The topological polar surface area (TPSA) is 56.3 Å². The van der Waals surface area contributed by atoms with Crippen molar-refractivity contribution < 1.29 is 14.3 Å². The molecule has 1 atom stereocenters. The van der Waals surface area contributed by atoms with E-state index in [0.29, 0.717) is 6.54 Å². The summed E-state index contributed by atoms with van der Waals surface area (Å²) in [7, 11) is 1.72. The lowest BCUT2D eigenvalue weighted by Crippen LogP contribution is -2.57. The molecular weight excluding hydrogens is 404 g/mol. The Morgan fingerprint density at radius 3 is 2.50 bits per heavy atom. The van der Waals surface area contributed by atoms with Crippen molar-refractivity contribution in [2.45, 2.75) is 31.7 Å². The number of hydrogen-bond donors (Lipinski definition) is 0. The Morgan fingerprint density at radius 2 is 1.73 bits per heavy atom. The van der Waals surface area contributed by atoms with Gasteiger partial charge in [-0.25, -0.2) is 0 Å². The summed E-state index contributed by atoms with van der Waals surface area (Å²) in [6.07, 6.45) is 3.80. The molecule has 3 aliphatic heterocycles. The fourth-order valence-electron chi connectivity index (χ4n) is 4.80. The zero-order valence-electron chi connectivity index (χ0n) is 17.8. The van der Waals surface area contributed by atoms with Gasteiger partial charge in [0.15, 0.2) is 0 Å². The van der Waals surface area contributed by atoms with Crippen molar-refractivity contribution >= 4 is 29.9 Å². The van der Waals surface area contributed by atoms with Crippen LogP contribution in [0.15, 0.2) is 24.3 Å². The highest BCUT2D eigenvalue weighted by Gasteiger charge is 2.41. The molecule has 2 amide bonds. The quantitative estimate of drug-likeness (QED) is 0.610. The van der Waals surface area contributed by atoms with Gasteiger partial charge in [-0.15, -0.1) is 12.4 Å². The molecule has 0 radical (unpaired) electrons. The maximum absolute atomic E-state index is 12.6. The fourth-order valence-corrected chi connectivity index (χ4v) is 4.80. The van der Waals surface area contributed by atoms with E-state index in [1.54, 1.807) is 16.9 Å². The van der Waals surface area contributed by atoms with Crippen LogP contribution >= 0.6 is 12.4 Å². The molecule has 30 heavy (non-hydrogen) atoms. The smallest absolute Gasteiger partial charge is 0.245 e. The van der Waals surface area contributed by atoms with Crippen molar-refractivity contribution in [1.82, 2.24) is 14.7 Å². The number of carbonyl (C=O) groups excluding carboxylic acids is 2. The van der Waals surface area contributed by atoms with E-state index < -0.39 is 0 Å². The second-order valence-corrected chi connectivity index (χ2v) is 8.21. The number of benzene rings is 1. The van der Waals surface area contributed by atoms with Gasteiger partial charge in [0.2, 0.25) is 11.8 Å². The Bertz CT molecular complexity index is 739. The van der Waals surface area contributed by atoms with Crippen molar-refractivity contribution in [2.75, 3.05) is 64.4 Å². The van der Waals surface area contributed by atoms with Crippen LogP contribution in [0, 0.1) is 0 Å². The molecule has 0 bridgehead atoms. The van der Waals surface area contributed by atoms with E-state index in [9.17, 15) is 9.59 Å². The van der Waals surface area contributed by atoms with E-state index in [1.807, 2.05) is 12.1 Å². The number of ether oxygens (including phenoxy) is 1. The Morgan fingerprint density at radius 1 is 1.00 bits per heavy atom. The molecule has 4 rings (SSSR count). The number of carbonyl (C=O) groups is 2. The van der Waals surface area contributed by atoms with Crippen LogP contribution in [0.25, 0.3) is 0 Å². The van der Waals surface area contributed by atoms with Gasteiger partial charge in [0.25, 0.3) is 0 Å². The van der Waals surface area contributed by atoms with Gasteiger partial charge in [-0.3, -0.25) is 14.5 Å². The summed E-state index contributed by atoms with van der Waals surface area (Å²) in [5.74, 6) is 1.22. The lowest BCUT2D eigenvalue weighted by atomic mass is 10.1. The second-order valence-electron chi connectivity index (χ2n) is 8.21. The number of hydrogen-bond acceptors (Lipinski definition) is 5. The molecule has 0 aliphatic carbocycles. The van der Waals surface area contributed by atoms with Crippen molar-refractivity contribution in [3.63, 3.8) is 0 Å². The zero-order valence-corrected chi connectivity index (χ0v) is 18.6. The number of piperazine rings is 2. The number of para-hydroxylation sites is 2. The molecule has 7 nitrogen and oxygen atoms in total. The van der Waals surface area contributed by atoms with Gasteiger partial charge in [-0.2, -0.15) is 0 Å². The largest absolute Gasteiger partial charge is 0.495 e. The Hall–Kier alpha value is -1.99. The fraction of sp³-hybridized carbons (Fsp3) is 0.636. The first kappa shape index (κ1) is 22.7. The van der Waals surface area contributed by atoms with E-state index in [-0.39, 0.29) is 36.8 Å². The van der Waals surface area contributed by atoms with Gasteiger partial charge < -0.3 is 19.4 Å². The first-order valence-electron chi connectivity index (χ1n) is 10.9. The first-order valence-corrected chi connectivity index (χ1v) is 10.9. The molecule has 0 aromatic heterocycles. The third kappa shape index (κ3) is 4.83. The molecule has 3 aliphatic rings. The number of anilines is 1. The normalized spacial score (nSPS) is 22.2. The second kappa shape index (κ2) is 10.4. The molecule has 3 heterocycles. The summed E-state index contributed by atoms with van der Waals surface area (Å²) in [6.45, 7) is 6.85. The molecule has 0 saturated carbocycles. The monoisotopic (exact) mass is 436 g/mol. The van der Waals surface area contributed by atoms with Crippen LogP contribution in [0.1, 0.15) is 25.7 Å². The van der Waals surface area contributed by atoms with Crippen molar-refractivity contribution in [3.8, 4) is 5.75 Å². The summed E-state index contributed by atoms with van der Waals surface area (Å²) in [5, 5.41) is 0. The van der Waals surface area contributed by atoms with Gasteiger partial charge in [0.05, 0.1) is 19.3 Å². The van der Waals surface area contributed by atoms with Crippen molar-refractivity contribution in [1.29, 1.82) is 0 Å². The summed E-state index contributed by atoms with van der Waals surface area (Å²) in [4.78, 5) is 33.2. The van der Waals surface area contributed by atoms with Crippen LogP contribution in [0.3, 0.4) is 0 Å². The molecule has 8 heteroatoms. The zero-order chi connectivity index (χ0) is 20.2. The SMILES string of the molecule is COc1ccccc1N1CCN(CCCCN2CC(=O)N3CCCC3C2=O)CC1.Cl. The highest BCUT2D eigenvalue weighted by Crippen LogP contribution is 2.28. The molecule has 1 aromatic rings. The molecule has 0 N–H and O–H groups in total. The van der Waals surface area contributed by atoms with Crippen LogP contribution in [-0.4, -0.2) is 92.0 Å². The first-order chi connectivity index (χ1) is 14.2. The minimum atomic E-state index is -0.181. The lowest BCUT2D eigenvalue weighted by molar-refractivity contribution is -0.153. The van der Waals surface area contributed by atoms with Crippen LogP contribution in [0.2, 0.25) is 0 Å². The summed E-state index contributed by atoms with van der Waals surface area (Å²) < 4.78 is 5.49. The number of amides is 2. The van der Waals surface area contributed by atoms with E-state index in [0.717, 1.165) is 70.7 Å². The van der Waals surface area contributed by atoms with E-state index in [4.69, 9.17) is 4.74 Å². The van der Waals surface area contributed by atoms with Crippen LogP contribution in [-0.2, 0) is 9.59 Å². The van der Waals surface area contributed by atoms with Crippen LogP contribution in [0.4, 0.5) is 5.69 Å². The summed E-state index contributed by atoms with van der Waals surface area (Å²) in [6, 6.07) is 8.01. The van der Waals surface area contributed by atoms with Crippen LogP contribution in [0.5, 0.6) is 5.75 Å². The Kier molecular flexibility index (Phi) is 7.83. The predicted molar refractivity (Wildman–Crippen MR) is 119 cm³/mol. The molecule has 3 fully saturated rings. The van der Waals surface area contributed by atoms with Crippen molar-refractivity contribution in [2.24, 2.45) is 0 Å². The number of unbranched alkanes of at least 4 members (excludes halogenated alkanes) is 1. The van der Waals surface area contributed by atoms with Gasteiger partial charge >= 0.3 is 0 Å². The summed E-state index contributed by atoms with van der Waals surface area (Å²) >= 11 is 0. The van der Waals surface area contributed by atoms with Gasteiger partial charge in [-0.05, 0) is 44.4 Å². The van der Waals surface area contributed by atoms with Gasteiger partial charge in [0, 0.05) is 39.3 Å². The van der Waals surface area contributed by atoms with Crippen LogP contribution < -0.4 is 9.64 Å². The molecule has 1 unspecified atom stereocenters. The van der Waals surface area contributed by atoms with E-state index >= 15 is 0 Å². The Balaban J connectivity index is 0.00000256. The minimum Gasteiger partial charge on any atom is -0.495 e. The third-order valence-electron chi connectivity index (χ3n) is 6.45. The average molecular weight is 437 g/mol. The maximum atomic E-state index is 12.6. The summed E-state index contributed by atoms with van der Waals surface area (Å²) in [5.41, 5.74) is 1.17. The molecule has 1 aromatic carbocycles. The van der Waals surface area contributed by atoms with Gasteiger partial charge in [0.1, 0.15) is 11.8 Å². The molecular formula is C22H33ClN4O3. The third-order valence-corrected chi connectivity index (χ3v) is 6.45. The highest BCUT2D eigenvalue weighted by atomic mass is 35.5. The number of fused-ring (bicyclic) bond motifs is 1. The molecule has 166 valence electrons. The standard InChI is InChI=1S/C22H32N4O3.ClH/c1-29-20-9-3-2-7-18(20)24-15-13-23(14-16-24)10-4-5-11-25-17-21(27)26-12-6-8-19(26)22(25)28;/h2-3,7,9,19H,4-6,8,10-17H2,1H3;1H. The predicted octanol–water partition coefficient (Wildman–Crippen LogP) is 1.85. The highest BCUT2D eigenvalue weighted by molar-refractivity contribution is 5.95. The lowest BCUT2D eigenvalue weighted by Gasteiger charge is -2.37. The molecule has 3 saturated heterocycles. The number of nitrogens with zero attached hydrogens (tertiary/aromatic N) is 4. The minimum absolute atomic E-state index is 0. The van der Waals surface area contributed by atoms with E-state index in [1.165, 1.54) is 5.69 Å². The Labute approximate surface area is 185 Å². The van der Waals surface area contributed by atoms with E-state index in [2.05, 4.69) is 21.9 Å². The molecule has 0 spiro atoms.